The van der Waals surface area contributed by atoms with Crippen molar-refractivity contribution >= 4 is 21.8 Å². The van der Waals surface area contributed by atoms with Gasteiger partial charge in [-0.25, -0.2) is 0 Å². The highest BCUT2D eigenvalue weighted by molar-refractivity contribution is 9.10. The molecule has 0 radical (unpaired) electrons. The molecule has 110 valence electrons. The van der Waals surface area contributed by atoms with Crippen molar-refractivity contribution in [3.05, 3.63) is 22.2 Å². The van der Waals surface area contributed by atoms with Crippen molar-refractivity contribution < 1.29 is 24.5 Å². The van der Waals surface area contributed by atoms with Crippen LogP contribution in [0.25, 0.3) is 0 Å². The van der Waals surface area contributed by atoms with Gasteiger partial charge in [0.25, 0.3) is 5.91 Å². The Bertz CT molecular complexity index is 512. The van der Waals surface area contributed by atoms with Gasteiger partial charge in [0, 0.05) is 13.1 Å². The number of hydrogen-bond acceptors (Lipinski definition) is 5. The van der Waals surface area contributed by atoms with Gasteiger partial charge in [0.15, 0.2) is 0 Å². The molecule has 1 saturated heterocycles. The van der Waals surface area contributed by atoms with Crippen molar-refractivity contribution in [1.82, 2.24) is 4.90 Å². The standard InChI is InChI=1S/C13H16BrNO5/c1-19-7-3-8(12(20-2)9(14)4-7)13(18)15-5-10(16)11(17)6-15/h3-4,10-11,16-17H,5-6H2,1-2H3. The molecule has 1 amide bonds. The molecular weight excluding hydrogens is 330 g/mol. The number of amides is 1. The first-order valence-corrected chi connectivity index (χ1v) is 6.84. The van der Waals surface area contributed by atoms with Crippen molar-refractivity contribution in [3.63, 3.8) is 0 Å². The van der Waals surface area contributed by atoms with E-state index in [2.05, 4.69) is 15.9 Å². The summed E-state index contributed by atoms with van der Waals surface area (Å²) in [4.78, 5) is 13.9. The summed E-state index contributed by atoms with van der Waals surface area (Å²) >= 11 is 3.33. The first-order valence-electron chi connectivity index (χ1n) is 6.04. The summed E-state index contributed by atoms with van der Waals surface area (Å²) in [5.41, 5.74) is 0.319. The quantitative estimate of drug-likeness (QED) is 0.840. The summed E-state index contributed by atoms with van der Waals surface area (Å²) in [5, 5.41) is 19.1. The highest BCUT2D eigenvalue weighted by Crippen LogP contribution is 2.34. The SMILES string of the molecule is COc1cc(Br)c(OC)c(C(=O)N2CC(O)C(O)C2)c1. The molecule has 2 atom stereocenters. The molecule has 1 aromatic carbocycles. The average Bonchev–Trinajstić information content (AvgIpc) is 2.76. The average molecular weight is 346 g/mol. The number of rotatable bonds is 3. The third-order valence-corrected chi connectivity index (χ3v) is 3.82. The third-order valence-electron chi connectivity index (χ3n) is 3.23. The minimum atomic E-state index is -0.918. The first-order chi connectivity index (χ1) is 9.47. The Morgan fingerprint density at radius 3 is 2.35 bits per heavy atom. The fourth-order valence-corrected chi connectivity index (χ4v) is 2.76. The van der Waals surface area contributed by atoms with Gasteiger partial charge in [-0.2, -0.15) is 0 Å². The highest BCUT2D eigenvalue weighted by atomic mass is 79.9. The van der Waals surface area contributed by atoms with Crippen molar-refractivity contribution in [2.75, 3.05) is 27.3 Å². The molecule has 1 heterocycles. The van der Waals surface area contributed by atoms with Gasteiger partial charge in [-0.3, -0.25) is 4.79 Å². The lowest BCUT2D eigenvalue weighted by atomic mass is 10.1. The van der Waals surface area contributed by atoms with E-state index in [1.165, 1.54) is 19.1 Å². The number of β-amino-alcohol motifs (C(OH)–C–C–N with tert-alkyl or cyclic N) is 2. The Morgan fingerprint density at radius 1 is 1.25 bits per heavy atom. The minimum Gasteiger partial charge on any atom is -0.497 e. The monoisotopic (exact) mass is 345 g/mol. The predicted molar refractivity (Wildman–Crippen MR) is 75.2 cm³/mol. The largest absolute Gasteiger partial charge is 0.497 e. The summed E-state index contributed by atoms with van der Waals surface area (Å²) in [5.74, 6) is 0.588. The topological polar surface area (TPSA) is 79.2 Å². The molecule has 2 unspecified atom stereocenters. The van der Waals surface area contributed by atoms with E-state index in [0.717, 1.165) is 0 Å². The molecule has 1 aromatic rings. The number of halogens is 1. The number of carbonyl (C=O) groups is 1. The Labute approximate surface area is 125 Å². The normalized spacial score (nSPS) is 21.9. The summed E-state index contributed by atoms with van der Waals surface area (Å²) in [6, 6.07) is 3.27. The van der Waals surface area contributed by atoms with E-state index in [0.29, 0.717) is 21.5 Å². The van der Waals surface area contributed by atoms with Crippen molar-refractivity contribution in [2.24, 2.45) is 0 Å². The molecule has 0 bridgehead atoms. The van der Waals surface area contributed by atoms with Crippen LogP contribution in [0.3, 0.4) is 0 Å². The van der Waals surface area contributed by atoms with Gasteiger partial charge < -0.3 is 24.6 Å². The highest BCUT2D eigenvalue weighted by Gasteiger charge is 2.34. The van der Waals surface area contributed by atoms with E-state index in [1.807, 2.05) is 0 Å². The Balaban J connectivity index is 2.36. The molecule has 20 heavy (non-hydrogen) atoms. The summed E-state index contributed by atoms with van der Waals surface area (Å²) in [7, 11) is 2.98. The van der Waals surface area contributed by atoms with Crippen LogP contribution in [-0.4, -0.2) is 60.5 Å². The molecule has 0 spiro atoms. The molecular formula is C13H16BrNO5. The van der Waals surface area contributed by atoms with Gasteiger partial charge in [0.2, 0.25) is 0 Å². The fourth-order valence-electron chi connectivity index (χ4n) is 2.16. The lowest BCUT2D eigenvalue weighted by Crippen LogP contribution is -2.30. The summed E-state index contributed by atoms with van der Waals surface area (Å²) in [6.07, 6.45) is -1.84. The van der Waals surface area contributed by atoms with Crippen LogP contribution in [0.2, 0.25) is 0 Å². The molecule has 1 fully saturated rings. The second-order valence-corrected chi connectivity index (χ2v) is 5.39. The number of likely N-dealkylation sites (tertiary alicyclic amines) is 1. The minimum absolute atomic E-state index is 0.0952. The van der Waals surface area contributed by atoms with Gasteiger partial charge in [-0.1, -0.05) is 0 Å². The third kappa shape index (κ3) is 2.74. The molecule has 0 saturated carbocycles. The Hall–Kier alpha value is -1.31. The van der Waals surface area contributed by atoms with E-state index in [9.17, 15) is 15.0 Å². The van der Waals surface area contributed by atoms with Crippen molar-refractivity contribution in [3.8, 4) is 11.5 Å². The van der Waals surface area contributed by atoms with Gasteiger partial charge in [-0.15, -0.1) is 0 Å². The van der Waals surface area contributed by atoms with E-state index in [1.54, 1.807) is 12.1 Å². The van der Waals surface area contributed by atoms with E-state index >= 15 is 0 Å². The number of carbonyl (C=O) groups excluding carboxylic acids is 1. The van der Waals surface area contributed by atoms with E-state index < -0.39 is 12.2 Å². The number of aliphatic hydroxyl groups excluding tert-OH is 2. The maximum absolute atomic E-state index is 12.5. The number of aliphatic hydroxyl groups is 2. The maximum Gasteiger partial charge on any atom is 0.257 e. The zero-order chi connectivity index (χ0) is 14.9. The van der Waals surface area contributed by atoms with Crippen LogP contribution in [0, 0.1) is 0 Å². The molecule has 1 aliphatic heterocycles. The second-order valence-electron chi connectivity index (χ2n) is 4.53. The van der Waals surface area contributed by atoms with Crippen LogP contribution in [0.4, 0.5) is 0 Å². The number of hydrogen-bond donors (Lipinski definition) is 2. The number of ether oxygens (including phenoxy) is 2. The van der Waals surface area contributed by atoms with E-state index in [4.69, 9.17) is 9.47 Å². The van der Waals surface area contributed by atoms with Gasteiger partial charge in [0.1, 0.15) is 11.5 Å². The molecule has 6 nitrogen and oxygen atoms in total. The molecule has 7 heteroatoms. The van der Waals surface area contributed by atoms with Gasteiger partial charge >= 0.3 is 0 Å². The fraction of sp³-hybridized carbons (Fsp3) is 0.462. The molecule has 0 aliphatic carbocycles. The second kappa shape index (κ2) is 5.99. The van der Waals surface area contributed by atoms with Crippen LogP contribution in [0.15, 0.2) is 16.6 Å². The predicted octanol–water partition coefficient (Wildman–Crippen LogP) is 0.644. The van der Waals surface area contributed by atoms with Crippen LogP contribution in [0.1, 0.15) is 10.4 Å². The molecule has 1 aliphatic rings. The van der Waals surface area contributed by atoms with Crippen LogP contribution in [0.5, 0.6) is 11.5 Å². The number of benzene rings is 1. The zero-order valence-electron chi connectivity index (χ0n) is 11.2. The van der Waals surface area contributed by atoms with Crippen LogP contribution >= 0.6 is 15.9 Å². The summed E-state index contributed by atoms with van der Waals surface area (Å²) < 4.78 is 11.0. The smallest absolute Gasteiger partial charge is 0.257 e. The Morgan fingerprint density at radius 2 is 1.85 bits per heavy atom. The zero-order valence-corrected chi connectivity index (χ0v) is 12.8. The lowest BCUT2D eigenvalue weighted by molar-refractivity contribution is 0.0572. The van der Waals surface area contributed by atoms with Crippen LogP contribution in [-0.2, 0) is 0 Å². The van der Waals surface area contributed by atoms with Crippen LogP contribution < -0.4 is 9.47 Å². The van der Waals surface area contributed by atoms with Crippen molar-refractivity contribution in [1.29, 1.82) is 0 Å². The molecule has 2 N–H and O–H groups in total. The van der Waals surface area contributed by atoms with Gasteiger partial charge in [0.05, 0.1) is 36.5 Å². The van der Waals surface area contributed by atoms with Crippen molar-refractivity contribution in [2.45, 2.75) is 12.2 Å². The summed E-state index contributed by atoms with van der Waals surface area (Å²) in [6.45, 7) is 0.190. The Kier molecular flexibility index (Phi) is 4.52. The number of methoxy groups -OCH3 is 2. The van der Waals surface area contributed by atoms with E-state index in [-0.39, 0.29) is 19.0 Å². The number of nitrogens with zero attached hydrogens (tertiary/aromatic N) is 1. The lowest BCUT2D eigenvalue weighted by Gasteiger charge is -2.18. The molecule has 0 aromatic heterocycles. The maximum atomic E-state index is 12.5. The van der Waals surface area contributed by atoms with Gasteiger partial charge in [-0.05, 0) is 28.1 Å². The first kappa shape index (κ1) is 15.1. The molecule has 2 rings (SSSR count).